The van der Waals surface area contributed by atoms with Crippen LogP contribution in [0, 0.1) is 17.3 Å². The Kier molecular flexibility index (Phi) is 7.01. The molecule has 1 heterocycles. The van der Waals surface area contributed by atoms with Crippen molar-refractivity contribution >= 4 is 5.91 Å². The van der Waals surface area contributed by atoms with E-state index in [2.05, 4.69) is 0 Å². The first-order valence-corrected chi connectivity index (χ1v) is 12.3. The lowest BCUT2D eigenvalue weighted by Gasteiger charge is -2.34. The van der Waals surface area contributed by atoms with Gasteiger partial charge in [-0.25, -0.2) is 0 Å². The second kappa shape index (κ2) is 9.60. The molecular weight excluding hydrogens is 406 g/mol. The molecule has 0 spiro atoms. The summed E-state index contributed by atoms with van der Waals surface area (Å²) in [5.41, 5.74) is 0.520. The molecule has 1 amide bonds. The smallest absolute Gasteiger partial charge is 0.251 e. The Balaban J connectivity index is 1.55. The number of carbonyl (C=O) groups is 1. The molecule has 2 N–H and O–H groups in total. The van der Waals surface area contributed by atoms with Crippen LogP contribution in [0.3, 0.4) is 0 Å². The van der Waals surface area contributed by atoms with Crippen molar-refractivity contribution in [3.8, 4) is 11.5 Å². The van der Waals surface area contributed by atoms with Crippen LogP contribution in [0.2, 0.25) is 0 Å². The van der Waals surface area contributed by atoms with E-state index in [4.69, 9.17) is 9.47 Å². The van der Waals surface area contributed by atoms with Gasteiger partial charge < -0.3 is 24.6 Å². The summed E-state index contributed by atoms with van der Waals surface area (Å²) in [7, 11) is 1.64. The number of aliphatic hydroxyl groups excluding tert-OH is 2. The number of nitrogens with zero attached hydrogens (tertiary/aromatic N) is 1. The van der Waals surface area contributed by atoms with Gasteiger partial charge in [0.15, 0.2) is 11.5 Å². The molecule has 6 heteroatoms. The number of likely N-dealkylation sites (tertiary alicyclic amines) is 1. The van der Waals surface area contributed by atoms with Gasteiger partial charge in [-0.3, -0.25) is 4.79 Å². The zero-order valence-corrected chi connectivity index (χ0v) is 19.8. The Morgan fingerprint density at radius 1 is 1.16 bits per heavy atom. The van der Waals surface area contributed by atoms with Gasteiger partial charge in [-0.1, -0.05) is 32.3 Å². The van der Waals surface area contributed by atoms with Crippen molar-refractivity contribution in [3.05, 3.63) is 23.8 Å². The third-order valence-corrected chi connectivity index (χ3v) is 8.11. The van der Waals surface area contributed by atoms with Crippen molar-refractivity contribution in [2.75, 3.05) is 26.8 Å². The van der Waals surface area contributed by atoms with E-state index < -0.39 is 17.6 Å². The van der Waals surface area contributed by atoms with Crippen molar-refractivity contribution in [1.29, 1.82) is 0 Å². The van der Waals surface area contributed by atoms with E-state index in [9.17, 15) is 15.0 Å². The fourth-order valence-electron chi connectivity index (χ4n) is 5.45. The summed E-state index contributed by atoms with van der Waals surface area (Å²) in [4.78, 5) is 15.0. The van der Waals surface area contributed by atoms with Crippen LogP contribution in [0.5, 0.6) is 11.5 Å². The summed E-state index contributed by atoms with van der Waals surface area (Å²) < 4.78 is 11.6. The number of amides is 1. The fraction of sp³-hybridized carbons (Fsp3) is 0.731. The average molecular weight is 446 g/mol. The summed E-state index contributed by atoms with van der Waals surface area (Å²) in [5.74, 6) is 1.86. The lowest BCUT2D eigenvalue weighted by atomic mass is 9.72. The van der Waals surface area contributed by atoms with E-state index in [1.807, 2.05) is 25.1 Å². The fourth-order valence-corrected chi connectivity index (χ4v) is 5.45. The molecule has 1 saturated heterocycles. The molecule has 3 fully saturated rings. The first kappa shape index (κ1) is 23.4. The SMILES string of the molecule is COc1ccc([C@@H]2CN(C(=O)[C@@H](O)C3CCCCC3)C[C@@]2(C)[C@@H](C)O)cc1OCC1CC1. The van der Waals surface area contributed by atoms with Crippen LogP contribution in [0.4, 0.5) is 0 Å². The van der Waals surface area contributed by atoms with Gasteiger partial charge in [0.2, 0.25) is 0 Å². The van der Waals surface area contributed by atoms with Gasteiger partial charge in [0.1, 0.15) is 6.10 Å². The van der Waals surface area contributed by atoms with Crippen LogP contribution in [0.15, 0.2) is 18.2 Å². The number of aliphatic hydroxyl groups is 2. The molecule has 0 unspecified atom stereocenters. The van der Waals surface area contributed by atoms with Crippen LogP contribution in [0.1, 0.15) is 70.3 Å². The Labute approximate surface area is 191 Å². The number of hydrogen-bond donors (Lipinski definition) is 2. The highest BCUT2D eigenvalue weighted by Gasteiger charge is 2.49. The van der Waals surface area contributed by atoms with Gasteiger partial charge >= 0.3 is 0 Å². The van der Waals surface area contributed by atoms with Crippen molar-refractivity contribution in [2.24, 2.45) is 17.3 Å². The Morgan fingerprint density at radius 3 is 2.50 bits per heavy atom. The molecule has 1 aliphatic heterocycles. The Hall–Kier alpha value is -1.79. The zero-order valence-electron chi connectivity index (χ0n) is 19.8. The number of carbonyl (C=O) groups excluding carboxylic acids is 1. The molecule has 6 nitrogen and oxygen atoms in total. The van der Waals surface area contributed by atoms with Crippen LogP contribution >= 0.6 is 0 Å². The molecule has 4 atom stereocenters. The minimum Gasteiger partial charge on any atom is -0.493 e. The predicted molar refractivity (Wildman–Crippen MR) is 123 cm³/mol. The topological polar surface area (TPSA) is 79.2 Å². The molecule has 0 aromatic heterocycles. The van der Waals surface area contributed by atoms with Gasteiger partial charge in [-0.05, 0) is 62.1 Å². The second-order valence-electron chi connectivity index (χ2n) is 10.5. The molecule has 1 aromatic rings. The maximum atomic E-state index is 13.2. The van der Waals surface area contributed by atoms with Gasteiger partial charge in [-0.15, -0.1) is 0 Å². The van der Waals surface area contributed by atoms with E-state index in [0.29, 0.717) is 31.4 Å². The summed E-state index contributed by atoms with van der Waals surface area (Å²) in [6.07, 6.45) is 6.06. The summed E-state index contributed by atoms with van der Waals surface area (Å²) in [6, 6.07) is 5.94. The Morgan fingerprint density at radius 2 is 1.88 bits per heavy atom. The number of ether oxygens (including phenoxy) is 2. The van der Waals surface area contributed by atoms with E-state index in [0.717, 1.165) is 37.0 Å². The van der Waals surface area contributed by atoms with Crippen LogP contribution < -0.4 is 9.47 Å². The molecule has 1 aromatic carbocycles. The quantitative estimate of drug-likeness (QED) is 0.637. The molecule has 3 aliphatic rings. The van der Waals surface area contributed by atoms with Gasteiger partial charge in [0.25, 0.3) is 5.91 Å². The number of methoxy groups -OCH3 is 1. The largest absolute Gasteiger partial charge is 0.493 e. The predicted octanol–water partition coefficient (Wildman–Crippen LogP) is 3.74. The Bertz CT molecular complexity index is 801. The van der Waals surface area contributed by atoms with E-state index in [-0.39, 0.29) is 17.7 Å². The van der Waals surface area contributed by atoms with Gasteiger partial charge in [0, 0.05) is 24.4 Å². The monoisotopic (exact) mass is 445 g/mol. The first-order valence-electron chi connectivity index (χ1n) is 12.3. The van der Waals surface area contributed by atoms with Crippen molar-refractivity contribution in [2.45, 2.75) is 76.9 Å². The van der Waals surface area contributed by atoms with Crippen molar-refractivity contribution in [3.63, 3.8) is 0 Å². The van der Waals surface area contributed by atoms with Crippen molar-refractivity contribution < 1.29 is 24.5 Å². The normalized spacial score (nSPS) is 28.4. The lowest BCUT2D eigenvalue weighted by molar-refractivity contribution is -0.143. The highest BCUT2D eigenvalue weighted by Crippen LogP contribution is 2.47. The van der Waals surface area contributed by atoms with E-state index >= 15 is 0 Å². The molecule has 2 saturated carbocycles. The maximum Gasteiger partial charge on any atom is 0.251 e. The maximum absolute atomic E-state index is 13.2. The second-order valence-corrected chi connectivity index (χ2v) is 10.5. The van der Waals surface area contributed by atoms with Crippen LogP contribution in [-0.2, 0) is 4.79 Å². The van der Waals surface area contributed by atoms with E-state index in [1.54, 1.807) is 18.9 Å². The summed E-state index contributed by atoms with van der Waals surface area (Å²) in [6.45, 7) is 5.45. The first-order chi connectivity index (χ1) is 15.3. The minimum absolute atomic E-state index is 0.0523. The highest BCUT2D eigenvalue weighted by atomic mass is 16.5. The van der Waals surface area contributed by atoms with Crippen molar-refractivity contribution in [1.82, 2.24) is 4.90 Å². The van der Waals surface area contributed by atoms with Gasteiger partial charge in [0.05, 0.1) is 19.8 Å². The third-order valence-electron chi connectivity index (χ3n) is 8.11. The molecular formula is C26H39NO5. The lowest BCUT2D eigenvalue weighted by Crippen LogP contribution is -2.44. The number of hydrogen-bond acceptors (Lipinski definition) is 5. The summed E-state index contributed by atoms with van der Waals surface area (Å²) >= 11 is 0. The zero-order chi connectivity index (χ0) is 22.9. The molecule has 32 heavy (non-hydrogen) atoms. The number of rotatable bonds is 8. The molecule has 178 valence electrons. The summed E-state index contributed by atoms with van der Waals surface area (Å²) in [5, 5.41) is 21.5. The average Bonchev–Trinajstić information content (AvgIpc) is 3.57. The van der Waals surface area contributed by atoms with E-state index in [1.165, 1.54) is 19.3 Å². The van der Waals surface area contributed by atoms with Crippen LogP contribution in [-0.4, -0.2) is 60.0 Å². The minimum atomic E-state index is -0.944. The highest BCUT2D eigenvalue weighted by molar-refractivity contribution is 5.81. The van der Waals surface area contributed by atoms with Crippen LogP contribution in [0.25, 0.3) is 0 Å². The molecule has 0 bridgehead atoms. The third kappa shape index (κ3) is 4.76. The molecule has 0 radical (unpaired) electrons. The van der Waals surface area contributed by atoms with Gasteiger partial charge in [-0.2, -0.15) is 0 Å². The number of benzene rings is 1. The standard InChI is InChI=1S/C26H39NO5/c1-17(28)26(2)16-27(25(30)24(29)19-7-5-4-6-8-19)14-21(26)20-11-12-22(31-3)23(13-20)32-15-18-9-10-18/h11-13,17-19,21,24,28-29H,4-10,14-16H2,1-3H3/t17-,21+,24+,26+/m1/s1. The molecule has 2 aliphatic carbocycles. The molecule has 4 rings (SSSR count).